The molecule has 0 saturated carbocycles. The first kappa shape index (κ1) is 18.2. The Morgan fingerprint density at radius 1 is 1.07 bits per heavy atom. The maximum atomic E-state index is 13.2. The van der Waals surface area contributed by atoms with Crippen LogP contribution in [0, 0.1) is 0 Å². The van der Waals surface area contributed by atoms with Crippen LogP contribution in [-0.2, 0) is 6.54 Å². The zero-order valence-corrected chi connectivity index (χ0v) is 16.2. The Morgan fingerprint density at radius 2 is 1.82 bits per heavy atom. The number of benzene rings is 2. The highest BCUT2D eigenvalue weighted by Crippen LogP contribution is 2.23. The third kappa shape index (κ3) is 3.37. The molecule has 2 aromatic carbocycles. The van der Waals surface area contributed by atoms with Crippen LogP contribution < -0.4 is 0 Å². The van der Waals surface area contributed by atoms with E-state index >= 15 is 0 Å². The van der Waals surface area contributed by atoms with Crippen molar-refractivity contribution in [1.29, 1.82) is 0 Å². The van der Waals surface area contributed by atoms with Crippen LogP contribution in [0.1, 0.15) is 22.8 Å². The molecule has 0 aliphatic carbocycles. The van der Waals surface area contributed by atoms with Crippen molar-refractivity contribution >= 4 is 23.2 Å². The number of carbonyl (C=O) groups excluding carboxylic acids is 1. The molecule has 0 radical (unpaired) electrons. The van der Waals surface area contributed by atoms with Crippen molar-refractivity contribution in [2.45, 2.75) is 13.5 Å². The number of rotatable bonds is 5. The number of carbonyl (C=O) groups is 1. The highest BCUT2D eigenvalue weighted by Gasteiger charge is 2.21. The van der Waals surface area contributed by atoms with E-state index in [1.807, 2.05) is 67.6 Å². The molecule has 0 atom stereocenters. The molecule has 0 bridgehead atoms. The molecule has 5 nitrogen and oxygen atoms in total. The van der Waals surface area contributed by atoms with Gasteiger partial charge >= 0.3 is 0 Å². The maximum Gasteiger partial charge on any atom is 0.259 e. The summed E-state index contributed by atoms with van der Waals surface area (Å²) in [5.74, 6) is -0.116. The highest BCUT2D eigenvalue weighted by molar-refractivity contribution is 6.31. The number of amides is 1. The molecular formula is C22H19ClN4O. The Balaban J connectivity index is 1.70. The zero-order valence-electron chi connectivity index (χ0n) is 15.4. The van der Waals surface area contributed by atoms with E-state index in [4.69, 9.17) is 11.6 Å². The van der Waals surface area contributed by atoms with Crippen molar-refractivity contribution in [2.75, 3.05) is 6.54 Å². The fraction of sp³-hybridized carbons (Fsp3) is 0.136. The molecule has 2 heterocycles. The Labute approximate surface area is 168 Å². The molecule has 0 unspecified atom stereocenters. The third-order valence-corrected chi connectivity index (χ3v) is 5.06. The lowest BCUT2D eigenvalue weighted by atomic mass is 10.1. The number of halogens is 1. The number of hydrogen-bond donors (Lipinski definition) is 0. The van der Waals surface area contributed by atoms with Gasteiger partial charge < -0.3 is 4.90 Å². The summed E-state index contributed by atoms with van der Waals surface area (Å²) in [6.07, 6.45) is 3.30. The molecule has 0 aliphatic rings. The molecule has 0 spiro atoms. The summed E-state index contributed by atoms with van der Waals surface area (Å²) in [4.78, 5) is 19.4. The minimum Gasteiger partial charge on any atom is -0.334 e. The van der Waals surface area contributed by atoms with Crippen LogP contribution in [-0.4, -0.2) is 31.9 Å². The Hall–Kier alpha value is -3.18. The second-order valence-electron chi connectivity index (χ2n) is 6.40. The lowest BCUT2D eigenvalue weighted by molar-refractivity contribution is 0.0754. The van der Waals surface area contributed by atoms with E-state index in [1.165, 1.54) is 0 Å². The Kier molecular flexibility index (Phi) is 5.08. The molecule has 2 aromatic heterocycles. The van der Waals surface area contributed by atoms with Crippen LogP contribution in [0.4, 0.5) is 0 Å². The maximum absolute atomic E-state index is 13.2. The van der Waals surface area contributed by atoms with Crippen LogP contribution in [0.5, 0.6) is 0 Å². The van der Waals surface area contributed by atoms with Gasteiger partial charge in [0, 0.05) is 29.9 Å². The normalized spacial score (nSPS) is 10.9. The fourth-order valence-corrected chi connectivity index (χ4v) is 3.40. The van der Waals surface area contributed by atoms with E-state index in [1.54, 1.807) is 21.8 Å². The molecular weight excluding hydrogens is 372 g/mol. The summed E-state index contributed by atoms with van der Waals surface area (Å²) in [6, 6.07) is 19.4. The van der Waals surface area contributed by atoms with Gasteiger partial charge in [-0.2, -0.15) is 5.10 Å². The predicted octanol–water partition coefficient (Wildman–Crippen LogP) is 4.71. The zero-order chi connectivity index (χ0) is 19.5. The van der Waals surface area contributed by atoms with E-state index < -0.39 is 0 Å². The van der Waals surface area contributed by atoms with Crippen LogP contribution in [0.2, 0.25) is 5.02 Å². The van der Waals surface area contributed by atoms with Crippen LogP contribution in [0.3, 0.4) is 0 Å². The summed E-state index contributed by atoms with van der Waals surface area (Å²) in [6.45, 7) is 2.94. The molecule has 0 aliphatic heterocycles. The highest BCUT2D eigenvalue weighted by atomic mass is 35.5. The van der Waals surface area contributed by atoms with Gasteiger partial charge in [-0.05, 0) is 24.6 Å². The van der Waals surface area contributed by atoms with Gasteiger partial charge in [0.25, 0.3) is 5.91 Å². The lowest BCUT2D eigenvalue weighted by Crippen LogP contribution is -2.30. The smallest absolute Gasteiger partial charge is 0.259 e. The van der Waals surface area contributed by atoms with E-state index in [9.17, 15) is 4.79 Å². The van der Waals surface area contributed by atoms with E-state index in [0.717, 1.165) is 16.8 Å². The first-order chi connectivity index (χ1) is 13.7. The van der Waals surface area contributed by atoms with Gasteiger partial charge in [0.2, 0.25) is 0 Å². The van der Waals surface area contributed by atoms with Crippen molar-refractivity contribution < 1.29 is 4.79 Å². The van der Waals surface area contributed by atoms with Gasteiger partial charge in [-0.1, -0.05) is 60.1 Å². The average Bonchev–Trinajstić information content (AvgIpc) is 3.17. The summed E-state index contributed by atoms with van der Waals surface area (Å²) < 4.78 is 1.71. The number of fused-ring (bicyclic) bond motifs is 1. The minimum atomic E-state index is -0.116. The van der Waals surface area contributed by atoms with E-state index in [-0.39, 0.29) is 5.91 Å². The standard InChI is InChI=1S/C22H19ClN4O/c1-2-26(15-17-10-6-7-11-19(17)23)22(28)18-14-25-27-20(12-13-24-21(18)27)16-8-4-3-5-9-16/h3-14H,2,15H2,1H3. The van der Waals surface area contributed by atoms with Gasteiger partial charge in [0.1, 0.15) is 5.56 Å². The molecule has 28 heavy (non-hydrogen) atoms. The van der Waals surface area contributed by atoms with Gasteiger partial charge in [0.05, 0.1) is 11.9 Å². The molecule has 0 fully saturated rings. The minimum absolute atomic E-state index is 0.116. The summed E-state index contributed by atoms with van der Waals surface area (Å²) in [5, 5.41) is 5.09. The van der Waals surface area contributed by atoms with Gasteiger partial charge in [-0.3, -0.25) is 4.79 Å². The molecule has 4 aromatic rings. The summed E-state index contributed by atoms with van der Waals surface area (Å²) in [7, 11) is 0. The van der Waals surface area contributed by atoms with Crippen LogP contribution in [0.25, 0.3) is 16.9 Å². The first-order valence-electron chi connectivity index (χ1n) is 9.10. The van der Waals surface area contributed by atoms with Crippen molar-refractivity contribution in [3.05, 3.63) is 89.2 Å². The van der Waals surface area contributed by atoms with Crippen molar-refractivity contribution in [2.24, 2.45) is 0 Å². The Bertz CT molecular complexity index is 1120. The first-order valence-corrected chi connectivity index (χ1v) is 9.47. The lowest BCUT2D eigenvalue weighted by Gasteiger charge is -2.21. The number of nitrogens with zero attached hydrogens (tertiary/aromatic N) is 4. The van der Waals surface area contributed by atoms with Gasteiger partial charge in [0.15, 0.2) is 5.65 Å². The second-order valence-corrected chi connectivity index (χ2v) is 6.81. The largest absolute Gasteiger partial charge is 0.334 e. The molecule has 1 amide bonds. The van der Waals surface area contributed by atoms with E-state index in [2.05, 4.69) is 10.1 Å². The topological polar surface area (TPSA) is 50.5 Å². The molecule has 4 rings (SSSR count). The SMILES string of the molecule is CCN(Cc1ccccc1Cl)C(=O)c1cnn2c(-c3ccccc3)ccnc12. The number of hydrogen-bond acceptors (Lipinski definition) is 3. The summed E-state index contributed by atoms with van der Waals surface area (Å²) >= 11 is 6.27. The third-order valence-electron chi connectivity index (χ3n) is 4.69. The summed E-state index contributed by atoms with van der Waals surface area (Å²) in [5.41, 5.74) is 3.84. The fourth-order valence-electron chi connectivity index (χ4n) is 3.20. The van der Waals surface area contributed by atoms with E-state index in [0.29, 0.717) is 29.3 Å². The molecule has 6 heteroatoms. The second kappa shape index (κ2) is 7.82. The van der Waals surface area contributed by atoms with Crippen molar-refractivity contribution in [3.8, 4) is 11.3 Å². The monoisotopic (exact) mass is 390 g/mol. The van der Waals surface area contributed by atoms with Crippen molar-refractivity contribution in [3.63, 3.8) is 0 Å². The van der Waals surface area contributed by atoms with Crippen LogP contribution >= 0.6 is 11.6 Å². The molecule has 0 N–H and O–H groups in total. The molecule has 140 valence electrons. The van der Waals surface area contributed by atoms with Crippen molar-refractivity contribution in [1.82, 2.24) is 19.5 Å². The van der Waals surface area contributed by atoms with Crippen LogP contribution in [0.15, 0.2) is 73.1 Å². The van der Waals surface area contributed by atoms with Gasteiger partial charge in [-0.25, -0.2) is 9.50 Å². The predicted molar refractivity (Wildman–Crippen MR) is 110 cm³/mol. The molecule has 0 saturated heterocycles. The number of aromatic nitrogens is 3. The Morgan fingerprint density at radius 3 is 2.57 bits per heavy atom. The average molecular weight is 391 g/mol. The van der Waals surface area contributed by atoms with Gasteiger partial charge in [-0.15, -0.1) is 0 Å². The quantitative estimate of drug-likeness (QED) is 0.495.